The van der Waals surface area contributed by atoms with E-state index >= 15 is 0 Å². The molecule has 0 aliphatic carbocycles. The molecule has 1 saturated heterocycles. The Morgan fingerprint density at radius 2 is 1.88 bits per heavy atom. The van der Waals surface area contributed by atoms with Crippen LogP contribution in [0.15, 0.2) is 30.7 Å². The molecule has 2 aromatic heterocycles. The van der Waals surface area contributed by atoms with Gasteiger partial charge in [-0.25, -0.2) is 13.4 Å². The lowest BCUT2D eigenvalue weighted by molar-refractivity contribution is 0.0348. The summed E-state index contributed by atoms with van der Waals surface area (Å²) < 4.78 is 31.5. The lowest BCUT2D eigenvalue weighted by Crippen LogP contribution is -2.46. The summed E-state index contributed by atoms with van der Waals surface area (Å²) in [6.45, 7) is 6.99. The van der Waals surface area contributed by atoms with Gasteiger partial charge in [0.25, 0.3) is 0 Å². The van der Waals surface area contributed by atoms with Crippen molar-refractivity contribution in [3.8, 4) is 5.75 Å². The summed E-state index contributed by atoms with van der Waals surface area (Å²) in [6.07, 6.45) is 12.4. The van der Waals surface area contributed by atoms with Gasteiger partial charge in [-0.15, -0.1) is 0 Å². The number of sulfonamides is 1. The molecule has 0 saturated carbocycles. The minimum Gasteiger partial charge on any atom is -0.485 e. The van der Waals surface area contributed by atoms with Crippen LogP contribution < -0.4 is 9.64 Å². The molecule has 0 unspecified atom stereocenters. The summed E-state index contributed by atoms with van der Waals surface area (Å²) in [5, 5.41) is 0. The maximum Gasteiger partial charge on any atom is 0.211 e. The van der Waals surface area contributed by atoms with Crippen LogP contribution in [0.25, 0.3) is 5.57 Å². The van der Waals surface area contributed by atoms with E-state index in [2.05, 4.69) is 32.8 Å². The van der Waals surface area contributed by atoms with E-state index < -0.39 is 10.0 Å². The van der Waals surface area contributed by atoms with Crippen molar-refractivity contribution in [1.29, 1.82) is 0 Å². The Morgan fingerprint density at radius 3 is 2.52 bits per heavy atom. The molecule has 0 aromatic carbocycles. The normalized spacial score (nSPS) is 24.3. The Labute approximate surface area is 195 Å². The van der Waals surface area contributed by atoms with Crippen LogP contribution in [-0.4, -0.2) is 65.7 Å². The molecule has 8 nitrogen and oxygen atoms in total. The number of ether oxygens (including phenoxy) is 1. The highest BCUT2D eigenvalue weighted by molar-refractivity contribution is 7.88. The van der Waals surface area contributed by atoms with Gasteiger partial charge in [-0.2, -0.15) is 4.31 Å². The first-order valence-electron chi connectivity index (χ1n) is 11.6. The van der Waals surface area contributed by atoms with E-state index in [0.717, 1.165) is 60.9 Å². The third-order valence-electron chi connectivity index (χ3n) is 7.25. The number of nitrogens with zero attached hydrogens (tertiary/aromatic N) is 5. The molecular formula is C24H31N5O3S. The van der Waals surface area contributed by atoms with Crippen molar-refractivity contribution in [2.75, 3.05) is 37.3 Å². The van der Waals surface area contributed by atoms with Crippen molar-refractivity contribution in [3.63, 3.8) is 0 Å². The number of aromatic nitrogens is 3. The number of hydrogen-bond acceptors (Lipinski definition) is 7. The topological polar surface area (TPSA) is 88.5 Å². The average Bonchev–Trinajstić information content (AvgIpc) is 3.16. The van der Waals surface area contributed by atoms with Crippen LogP contribution in [0.4, 0.5) is 5.82 Å². The molecule has 0 radical (unpaired) electrons. The van der Waals surface area contributed by atoms with Crippen LogP contribution in [0.5, 0.6) is 5.75 Å². The van der Waals surface area contributed by atoms with E-state index in [4.69, 9.17) is 4.74 Å². The van der Waals surface area contributed by atoms with Crippen LogP contribution in [0.1, 0.15) is 43.1 Å². The zero-order valence-electron chi connectivity index (χ0n) is 19.5. The molecule has 0 spiro atoms. The Balaban J connectivity index is 1.25. The molecule has 3 aliphatic rings. The highest BCUT2D eigenvalue weighted by Gasteiger charge is 2.43. The minimum absolute atomic E-state index is 0.234. The van der Waals surface area contributed by atoms with Gasteiger partial charge >= 0.3 is 0 Å². The molecule has 5 rings (SSSR count). The van der Waals surface area contributed by atoms with E-state index in [1.54, 1.807) is 0 Å². The maximum absolute atomic E-state index is 11.8. The maximum atomic E-state index is 11.8. The first-order valence-corrected chi connectivity index (χ1v) is 13.4. The lowest BCUT2D eigenvalue weighted by Gasteiger charge is -2.40. The van der Waals surface area contributed by atoms with Crippen molar-refractivity contribution < 1.29 is 13.2 Å². The minimum atomic E-state index is -3.16. The third-order valence-corrected chi connectivity index (χ3v) is 8.52. The molecule has 1 atom stereocenters. The smallest absolute Gasteiger partial charge is 0.211 e. The fourth-order valence-electron chi connectivity index (χ4n) is 5.24. The molecule has 9 heteroatoms. The van der Waals surface area contributed by atoms with Gasteiger partial charge in [0.2, 0.25) is 10.0 Å². The van der Waals surface area contributed by atoms with E-state index in [0.29, 0.717) is 25.4 Å². The van der Waals surface area contributed by atoms with Crippen LogP contribution in [-0.2, 0) is 16.4 Å². The second kappa shape index (κ2) is 8.36. The quantitative estimate of drug-likeness (QED) is 0.680. The van der Waals surface area contributed by atoms with Gasteiger partial charge in [-0.1, -0.05) is 6.08 Å². The molecule has 5 heterocycles. The monoisotopic (exact) mass is 469 g/mol. The van der Waals surface area contributed by atoms with Gasteiger partial charge in [0.15, 0.2) is 0 Å². The Bertz CT molecular complexity index is 1170. The highest BCUT2D eigenvalue weighted by atomic mass is 32.2. The van der Waals surface area contributed by atoms with Crippen molar-refractivity contribution in [3.05, 3.63) is 47.7 Å². The van der Waals surface area contributed by atoms with Crippen molar-refractivity contribution in [2.24, 2.45) is 5.92 Å². The van der Waals surface area contributed by atoms with E-state index in [1.165, 1.54) is 16.1 Å². The number of piperidine rings is 1. The first-order chi connectivity index (χ1) is 15.7. The van der Waals surface area contributed by atoms with Gasteiger partial charge in [0.1, 0.15) is 17.2 Å². The average molecular weight is 470 g/mol. The summed E-state index contributed by atoms with van der Waals surface area (Å²) in [5.41, 5.74) is 3.94. The molecule has 176 valence electrons. The van der Waals surface area contributed by atoms with Crippen molar-refractivity contribution in [2.45, 2.75) is 45.1 Å². The zero-order chi connectivity index (χ0) is 23.2. The van der Waals surface area contributed by atoms with Gasteiger partial charge in [-0.05, 0) is 44.7 Å². The third kappa shape index (κ3) is 4.48. The highest BCUT2D eigenvalue weighted by Crippen LogP contribution is 2.43. The predicted molar refractivity (Wildman–Crippen MR) is 128 cm³/mol. The van der Waals surface area contributed by atoms with Crippen LogP contribution in [0.2, 0.25) is 0 Å². The van der Waals surface area contributed by atoms with Crippen molar-refractivity contribution >= 4 is 21.4 Å². The van der Waals surface area contributed by atoms with Crippen LogP contribution in [0, 0.1) is 12.8 Å². The summed E-state index contributed by atoms with van der Waals surface area (Å²) in [6, 6.07) is 2.14. The summed E-state index contributed by atoms with van der Waals surface area (Å²) in [4.78, 5) is 15.9. The number of aryl methyl sites for hydroxylation is 1. The van der Waals surface area contributed by atoms with Crippen LogP contribution >= 0.6 is 0 Å². The van der Waals surface area contributed by atoms with Gasteiger partial charge in [-0.3, -0.25) is 9.97 Å². The number of fused-ring (bicyclic) bond motifs is 1. The zero-order valence-corrected chi connectivity index (χ0v) is 20.3. The van der Waals surface area contributed by atoms with E-state index in [9.17, 15) is 8.42 Å². The van der Waals surface area contributed by atoms with Gasteiger partial charge in [0.05, 0.1) is 36.2 Å². The second-order valence-electron chi connectivity index (χ2n) is 9.65. The summed E-state index contributed by atoms with van der Waals surface area (Å²) >= 11 is 0. The van der Waals surface area contributed by atoms with Crippen molar-refractivity contribution in [1.82, 2.24) is 19.3 Å². The van der Waals surface area contributed by atoms with E-state index in [-0.39, 0.29) is 5.60 Å². The lowest BCUT2D eigenvalue weighted by atomic mass is 9.79. The van der Waals surface area contributed by atoms with Gasteiger partial charge < -0.3 is 9.64 Å². The summed E-state index contributed by atoms with van der Waals surface area (Å²) in [5.74, 6) is 2.28. The molecule has 3 aliphatic heterocycles. The van der Waals surface area contributed by atoms with Gasteiger partial charge in [0, 0.05) is 44.1 Å². The largest absolute Gasteiger partial charge is 0.485 e. The molecule has 0 bridgehead atoms. The second-order valence-corrected chi connectivity index (χ2v) is 11.6. The fraction of sp³-hybridized carbons (Fsp3) is 0.542. The SMILES string of the molecule is Cc1cnc(N2CCC([C@]3(C)Cc4cc(C5=CCN(S(C)(=O)=O)CC5)ncc4O3)CC2)cn1. The molecule has 0 amide bonds. The summed E-state index contributed by atoms with van der Waals surface area (Å²) in [7, 11) is -3.16. The Hall–Kier alpha value is -2.52. The fourth-order valence-corrected chi connectivity index (χ4v) is 6.00. The van der Waals surface area contributed by atoms with E-state index in [1.807, 2.05) is 31.6 Å². The standard InChI is InChI=1S/C24H31N5O3S/c1-17-14-27-23(16-25-17)28-8-6-20(7-9-28)24(2)13-19-12-21(26-15-22(19)32-24)18-4-10-29(11-5-18)33(3,30)31/h4,12,14-16,20H,5-11,13H2,1-3H3/t24-/m0/s1. The molecular weight excluding hydrogens is 438 g/mol. The molecule has 2 aromatic rings. The number of hydrogen-bond donors (Lipinski definition) is 0. The molecule has 33 heavy (non-hydrogen) atoms. The molecule has 0 N–H and O–H groups in total. The predicted octanol–water partition coefficient (Wildman–Crippen LogP) is 2.84. The number of pyridine rings is 1. The van der Waals surface area contributed by atoms with Crippen LogP contribution in [0.3, 0.4) is 0 Å². The molecule has 1 fully saturated rings. The Kier molecular flexibility index (Phi) is 5.64. The number of anilines is 1. The number of rotatable bonds is 4. The first kappa shape index (κ1) is 22.3. The Morgan fingerprint density at radius 1 is 1.09 bits per heavy atom.